The molecule has 0 radical (unpaired) electrons. The van der Waals surface area contributed by atoms with Gasteiger partial charge in [0.1, 0.15) is 12.4 Å². The fourth-order valence-corrected chi connectivity index (χ4v) is 3.11. The van der Waals surface area contributed by atoms with Crippen molar-refractivity contribution in [1.82, 2.24) is 5.32 Å². The van der Waals surface area contributed by atoms with Gasteiger partial charge in [-0.25, -0.2) is 9.18 Å². The Morgan fingerprint density at radius 2 is 1.74 bits per heavy atom. The topological polar surface area (TPSA) is 56.8 Å². The number of amides is 1. The minimum atomic E-state index is -0.679. The zero-order valence-corrected chi connectivity index (χ0v) is 18.7. The fraction of sp³-hybridized carbons (Fsp3) is 0.375. The zero-order chi connectivity index (χ0) is 22.6. The molecule has 0 unspecified atom stereocenters. The monoisotopic (exact) mass is 425 g/mol. The highest BCUT2D eigenvalue weighted by atomic mass is 19.1. The van der Waals surface area contributed by atoms with Crippen molar-refractivity contribution in [3.8, 4) is 0 Å². The Morgan fingerprint density at radius 3 is 2.39 bits per heavy atom. The van der Waals surface area contributed by atoms with Gasteiger partial charge in [0.15, 0.2) is 0 Å². The summed E-state index contributed by atoms with van der Waals surface area (Å²) >= 11 is 0. The highest BCUT2D eigenvalue weighted by molar-refractivity contribution is 6.56. The van der Waals surface area contributed by atoms with Crippen molar-refractivity contribution >= 4 is 19.3 Å². The molecule has 0 bridgehead atoms. The van der Waals surface area contributed by atoms with Crippen LogP contribution in [0, 0.1) is 12.7 Å². The van der Waals surface area contributed by atoms with Crippen LogP contribution in [0.2, 0.25) is 0 Å². The maximum atomic E-state index is 13.8. The van der Waals surface area contributed by atoms with Gasteiger partial charge in [0.25, 0.3) is 0 Å². The van der Waals surface area contributed by atoms with Gasteiger partial charge in [-0.1, -0.05) is 42.5 Å². The first kappa shape index (κ1) is 23.0. The van der Waals surface area contributed by atoms with Crippen LogP contribution in [0.3, 0.4) is 0 Å². The summed E-state index contributed by atoms with van der Waals surface area (Å²) in [5.74, 6) is -0.333. The van der Waals surface area contributed by atoms with E-state index in [1.54, 1.807) is 12.1 Å². The molecule has 5 nitrogen and oxygen atoms in total. The molecule has 164 valence electrons. The molecule has 31 heavy (non-hydrogen) atoms. The Morgan fingerprint density at radius 1 is 1.10 bits per heavy atom. The predicted octanol–water partition coefficient (Wildman–Crippen LogP) is 5.08. The maximum absolute atomic E-state index is 13.8. The van der Waals surface area contributed by atoms with Gasteiger partial charge in [0, 0.05) is 6.54 Å². The number of aryl methyl sites for hydroxylation is 1. The van der Waals surface area contributed by atoms with Gasteiger partial charge in [0.05, 0.1) is 11.2 Å². The van der Waals surface area contributed by atoms with E-state index in [2.05, 4.69) is 5.32 Å². The van der Waals surface area contributed by atoms with E-state index in [-0.39, 0.29) is 19.0 Å². The predicted molar refractivity (Wildman–Crippen MR) is 120 cm³/mol. The first-order chi connectivity index (χ1) is 14.6. The molecule has 3 rings (SSSR count). The number of ether oxygens (including phenoxy) is 1. The average molecular weight is 425 g/mol. The van der Waals surface area contributed by atoms with Crippen molar-refractivity contribution in [1.29, 1.82) is 0 Å². The number of hydrogen-bond acceptors (Lipinski definition) is 4. The number of nitrogens with one attached hydrogen (secondary N) is 1. The molecule has 1 N–H and O–H groups in total. The Labute approximate surface area is 183 Å². The second-order valence-corrected chi connectivity index (χ2v) is 8.72. The molecule has 2 aromatic carbocycles. The third-order valence-corrected chi connectivity index (χ3v) is 5.79. The SMILES string of the molecule is Cc1ccc(F)cc1C=C(CNC(=O)OCc1ccccc1)B1OC(C)(C)C(C)(C)O1. The first-order valence-electron chi connectivity index (χ1n) is 10.3. The zero-order valence-electron chi connectivity index (χ0n) is 18.7. The molecule has 1 heterocycles. The Bertz CT molecular complexity index is 943. The van der Waals surface area contributed by atoms with Gasteiger partial charge < -0.3 is 19.4 Å². The molecular formula is C24H29BFNO4. The Balaban J connectivity index is 1.75. The molecule has 0 spiro atoms. The smallest absolute Gasteiger partial charge is 0.445 e. The van der Waals surface area contributed by atoms with E-state index in [0.717, 1.165) is 11.1 Å². The molecule has 7 heteroatoms. The number of halogens is 1. The van der Waals surface area contributed by atoms with Gasteiger partial charge >= 0.3 is 13.2 Å². The van der Waals surface area contributed by atoms with Crippen molar-refractivity contribution in [3.05, 3.63) is 76.5 Å². The van der Waals surface area contributed by atoms with E-state index in [9.17, 15) is 9.18 Å². The summed E-state index contributed by atoms with van der Waals surface area (Å²) < 4.78 is 31.4. The molecular weight excluding hydrogens is 396 g/mol. The van der Waals surface area contributed by atoms with Crippen molar-refractivity contribution in [2.24, 2.45) is 0 Å². The molecule has 1 aliphatic heterocycles. The fourth-order valence-electron chi connectivity index (χ4n) is 3.11. The minimum absolute atomic E-state index is 0.139. The summed E-state index contributed by atoms with van der Waals surface area (Å²) in [7, 11) is -0.679. The molecule has 0 saturated carbocycles. The number of carbonyl (C=O) groups is 1. The van der Waals surface area contributed by atoms with E-state index in [1.807, 2.05) is 65.0 Å². The van der Waals surface area contributed by atoms with Crippen LogP contribution in [0.4, 0.5) is 9.18 Å². The lowest BCUT2D eigenvalue weighted by Crippen LogP contribution is -2.41. The van der Waals surface area contributed by atoms with Crippen LogP contribution < -0.4 is 5.32 Å². The van der Waals surface area contributed by atoms with Gasteiger partial charge in [-0.3, -0.25) is 0 Å². The van der Waals surface area contributed by atoms with Crippen molar-refractivity contribution in [2.75, 3.05) is 6.54 Å². The second kappa shape index (κ2) is 9.24. The Kier molecular flexibility index (Phi) is 6.87. The van der Waals surface area contributed by atoms with Crippen LogP contribution in [-0.2, 0) is 20.7 Å². The lowest BCUT2D eigenvalue weighted by atomic mass is 9.76. The highest BCUT2D eigenvalue weighted by Crippen LogP contribution is 2.38. The molecule has 0 aromatic heterocycles. The first-order valence-corrected chi connectivity index (χ1v) is 10.3. The molecule has 1 fully saturated rings. The third-order valence-electron chi connectivity index (χ3n) is 5.79. The van der Waals surface area contributed by atoms with Gasteiger partial charge in [0.2, 0.25) is 0 Å². The number of alkyl carbamates (subject to hydrolysis) is 1. The largest absolute Gasteiger partial charge is 0.492 e. The molecule has 0 atom stereocenters. The number of carbonyl (C=O) groups excluding carboxylic acids is 1. The van der Waals surface area contributed by atoms with Crippen molar-refractivity contribution < 1.29 is 23.2 Å². The van der Waals surface area contributed by atoms with Gasteiger partial charge in [-0.2, -0.15) is 0 Å². The van der Waals surface area contributed by atoms with E-state index >= 15 is 0 Å². The minimum Gasteiger partial charge on any atom is -0.445 e. The summed E-state index contributed by atoms with van der Waals surface area (Å²) in [6.45, 7) is 10.0. The lowest BCUT2D eigenvalue weighted by molar-refractivity contribution is 0.00578. The summed E-state index contributed by atoms with van der Waals surface area (Å²) in [5.41, 5.74) is 2.09. The number of benzene rings is 2. The summed E-state index contributed by atoms with van der Waals surface area (Å²) in [4.78, 5) is 12.3. The summed E-state index contributed by atoms with van der Waals surface area (Å²) in [6.07, 6.45) is 1.25. The third kappa shape index (κ3) is 5.74. The molecule has 1 saturated heterocycles. The van der Waals surface area contributed by atoms with Gasteiger partial charge in [-0.15, -0.1) is 0 Å². The maximum Gasteiger partial charge on any atom is 0.492 e. The number of rotatable bonds is 6. The normalized spacial score (nSPS) is 17.5. The Hall–Kier alpha value is -2.64. The quantitative estimate of drug-likeness (QED) is 0.657. The standard InChI is InChI=1S/C24H29BFNO4/c1-17-11-12-21(26)14-19(17)13-20(25-30-23(2,3)24(4,5)31-25)15-27-22(28)29-16-18-9-7-6-8-10-18/h6-14H,15-16H2,1-5H3,(H,27,28). The van der Waals surface area contributed by atoms with E-state index in [1.165, 1.54) is 12.1 Å². The van der Waals surface area contributed by atoms with Crippen LogP contribution in [-0.4, -0.2) is 31.0 Å². The molecule has 0 aliphatic carbocycles. The molecule has 1 aliphatic rings. The van der Waals surface area contributed by atoms with Crippen molar-refractivity contribution in [3.63, 3.8) is 0 Å². The van der Waals surface area contributed by atoms with E-state index < -0.39 is 24.4 Å². The highest BCUT2D eigenvalue weighted by Gasteiger charge is 2.52. The van der Waals surface area contributed by atoms with Crippen LogP contribution in [0.5, 0.6) is 0 Å². The van der Waals surface area contributed by atoms with E-state index in [4.69, 9.17) is 14.0 Å². The number of hydrogen-bond donors (Lipinski definition) is 1. The second-order valence-electron chi connectivity index (χ2n) is 8.72. The van der Waals surface area contributed by atoms with Crippen LogP contribution in [0.25, 0.3) is 6.08 Å². The summed E-state index contributed by atoms with van der Waals surface area (Å²) in [5, 5.41) is 2.76. The van der Waals surface area contributed by atoms with E-state index in [0.29, 0.717) is 11.0 Å². The van der Waals surface area contributed by atoms with Crippen LogP contribution in [0.15, 0.2) is 54.0 Å². The average Bonchev–Trinajstić information content (AvgIpc) is 2.94. The van der Waals surface area contributed by atoms with Gasteiger partial charge in [-0.05, 0) is 68.9 Å². The van der Waals surface area contributed by atoms with Crippen molar-refractivity contribution in [2.45, 2.75) is 52.4 Å². The lowest BCUT2D eigenvalue weighted by Gasteiger charge is -2.32. The molecule has 1 amide bonds. The van der Waals surface area contributed by atoms with Crippen LogP contribution >= 0.6 is 0 Å². The molecule has 2 aromatic rings. The van der Waals surface area contributed by atoms with Crippen LogP contribution in [0.1, 0.15) is 44.4 Å². The summed E-state index contributed by atoms with van der Waals surface area (Å²) in [6, 6.07) is 14.0.